The van der Waals surface area contributed by atoms with Gasteiger partial charge in [0, 0.05) is 54.8 Å². The zero-order chi connectivity index (χ0) is 22.9. The fourth-order valence-electron chi connectivity index (χ4n) is 4.45. The summed E-state index contributed by atoms with van der Waals surface area (Å²) in [4.78, 5) is 33.2. The molecule has 1 saturated heterocycles. The number of benzene rings is 2. The molecule has 5 rings (SSSR count). The summed E-state index contributed by atoms with van der Waals surface area (Å²) in [7, 11) is 1.51. The maximum absolute atomic E-state index is 13.4. The van der Waals surface area contributed by atoms with Crippen LogP contribution in [0, 0.1) is 0 Å². The second-order valence-electron chi connectivity index (χ2n) is 8.31. The fourth-order valence-corrected chi connectivity index (χ4v) is 4.45. The number of aromatic nitrogens is 4. The zero-order valence-corrected chi connectivity index (χ0v) is 18.7. The van der Waals surface area contributed by atoms with E-state index >= 15 is 0 Å². The van der Waals surface area contributed by atoms with Crippen LogP contribution >= 0.6 is 0 Å². The standard InChI is InChI=1S/C24H25N7O2/c1-14-12-31(13-15(2)28-14)20-8-7-16(21-17(20)11-27-24(30-21)33-3)23(32)29-19-6-4-5-18-22(19)26-10-9-25-18/h4-11,14-15,28H,12-13H2,1-3H3,(H,29,32)/t14-,15+. The van der Waals surface area contributed by atoms with Gasteiger partial charge in [0.2, 0.25) is 0 Å². The van der Waals surface area contributed by atoms with Gasteiger partial charge < -0.3 is 20.3 Å². The second-order valence-corrected chi connectivity index (χ2v) is 8.31. The number of ether oxygens (including phenoxy) is 1. The van der Waals surface area contributed by atoms with E-state index in [1.54, 1.807) is 18.6 Å². The van der Waals surface area contributed by atoms with Gasteiger partial charge in [-0.2, -0.15) is 4.98 Å². The van der Waals surface area contributed by atoms with Gasteiger partial charge in [-0.05, 0) is 38.1 Å². The number of hydrogen-bond donors (Lipinski definition) is 2. The highest BCUT2D eigenvalue weighted by Crippen LogP contribution is 2.31. The molecule has 0 aliphatic carbocycles. The van der Waals surface area contributed by atoms with Crippen molar-refractivity contribution < 1.29 is 9.53 Å². The van der Waals surface area contributed by atoms with Crippen LogP contribution in [-0.2, 0) is 0 Å². The molecule has 0 bridgehead atoms. The fraction of sp³-hybridized carbons (Fsp3) is 0.292. The van der Waals surface area contributed by atoms with Crippen LogP contribution in [-0.4, -0.2) is 58.1 Å². The van der Waals surface area contributed by atoms with Crippen LogP contribution in [0.2, 0.25) is 0 Å². The van der Waals surface area contributed by atoms with Gasteiger partial charge in [0.25, 0.3) is 5.91 Å². The lowest BCUT2D eigenvalue weighted by molar-refractivity contribution is 0.102. The molecule has 4 aromatic rings. The molecule has 1 fully saturated rings. The summed E-state index contributed by atoms with van der Waals surface area (Å²) in [5.41, 5.74) is 3.91. The lowest BCUT2D eigenvalue weighted by atomic mass is 10.0. The highest BCUT2D eigenvalue weighted by molar-refractivity contribution is 6.15. The number of nitrogens with zero attached hydrogens (tertiary/aromatic N) is 5. The first-order chi connectivity index (χ1) is 16.0. The van der Waals surface area contributed by atoms with Gasteiger partial charge in [0.05, 0.1) is 29.4 Å². The number of carbonyl (C=O) groups is 1. The van der Waals surface area contributed by atoms with E-state index in [1.165, 1.54) is 7.11 Å². The van der Waals surface area contributed by atoms with Crippen molar-refractivity contribution in [3.8, 4) is 6.01 Å². The number of hydrogen-bond acceptors (Lipinski definition) is 8. The summed E-state index contributed by atoms with van der Waals surface area (Å²) >= 11 is 0. The van der Waals surface area contributed by atoms with E-state index in [4.69, 9.17) is 4.74 Å². The molecule has 9 heteroatoms. The van der Waals surface area contributed by atoms with Gasteiger partial charge in [-0.1, -0.05) is 6.07 Å². The molecule has 2 N–H and O–H groups in total. The molecule has 1 amide bonds. The smallest absolute Gasteiger partial charge is 0.316 e. The van der Waals surface area contributed by atoms with Gasteiger partial charge in [-0.3, -0.25) is 14.8 Å². The van der Waals surface area contributed by atoms with Crippen molar-refractivity contribution in [3.05, 3.63) is 54.5 Å². The first-order valence-electron chi connectivity index (χ1n) is 10.9. The molecule has 0 radical (unpaired) electrons. The number of nitrogens with one attached hydrogen (secondary N) is 2. The Morgan fingerprint density at radius 2 is 1.85 bits per heavy atom. The van der Waals surface area contributed by atoms with E-state index in [2.05, 4.69) is 49.3 Å². The van der Waals surface area contributed by atoms with Gasteiger partial charge in [-0.25, -0.2) is 4.98 Å². The van der Waals surface area contributed by atoms with Gasteiger partial charge in [0.15, 0.2) is 0 Å². The lowest BCUT2D eigenvalue weighted by Gasteiger charge is -2.38. The van der Waals surface area contributed by atoms with Crippen molar-refractivity contribution in [2.45, 2.75) is 25.9 Å². The third-order valence-electron chi connectivity index (χ3n) is 5.78. The first-order valence-corrected chi connectivity index (χ1v) is 10.9. The maximum atomic E-state index is 13.4. The Labute approximate surface area is 191 Å². The normalized spacial score (nSPS) is 18.5. The van der Waals surface area contributed by atoms with Crippen LogP contribution < -0.4 is 20.3 Å². The third-order valence-corrected chi connectivity index (χ3v) is 5.78. The lowest BCUT2D eigenvalue weighted by Crippen LogP contribution is -2.54. The predicted molar refractivity (Wildman–Crippen MR) is 128 cm³/mol. The minimum atomic E-state index is -0.285. The third kappa shape index (κ3) is 4.03. The SMILES string of the molecule is COc1ncc2c(N3C[C@@H](C)N[C@@H](C)C3)ccc(C(=O)Nc3cccc4nccnc34)c2n1. The minimum Gasteiger partial charge on any atom is -0.467 e. The molecule has 0 saturated carbocycles. The van der Waals surface area contributed by atoms with Crippen molar-refractivity contribution >= 4 is 39.2 Å². The minimum absolute atomic E-state index is 0.215. The quantitative estimate of drug-likeness (QED) is 0.496. The Morgan fingerprint density at radius 1 is 1.06 bits per heavy atom. The second kappa shape index (κ2) is 8.59. The topological polar surface area (TPSA) is 105 Å². The number of para-hydroxylation sites is 1. The number of anilines is 2. The molecule has 2 aromatic carbocycles. The zero-order valence-electron chi connectivity index (χ0n) is 18.7. The average molecular weight is 444 g/mol. The molecule has 3 heterocycles. The van der Waals surface area contributed by atoms with E-state index in [1.807, 2.05) is 30.3 Å². The molecule has 2 aromatic heterocycles. The van der Waals surface area contributed by atoms with Crippen molar-refractivity contribution in [1.29, 1.82) is 0 Å². The summed E-state index contributed by atoms with van der Waals surface area (Å²) in [6, 6.07) is 10.2. The average Bonchev–Trinajstić information content (AvgIpc) is 2.82. The summed E-state index contributed by atoms with van der Waals surface area (Å²) in [5.74, 6) is -0.285. The van der Waals surface area contributed by atoms with Crippen molar-refractivity contribution in [3.63, 3.8) is 0 Å². The number of carbonyl (C=O) groups excluding carboxylic acids is 1. The Kier molecular flexibility index (Phi) is 5.47. The molecule has 168 valence electrons. The number of methoxy groups -OCH3 is 1. The highest BCUT2D eigenvalue weighted by Gasteiger charge is 2.24. The van der Waals surface area contributed by atoms with Gasteiger partial charge in [0.1, 0.15) is 5.52 Å². The summed E-state index contributed by atoms with van der Waals surface area (Å²) in [5, 5.41) is 7.33. The maximum Gasteiger partial charge on any atom is 0.316 e. The Hall–Kier alpha value is -3.85. The Morgan fingerprint density at radius 3 is 2.64 bits per heavy atom. The Bertz CT molecular complexity index is 1330. The summed E-state index contributed by atoms with van der Waals surface area (Å²) in [6.07, 6.45) is 4.96. The van der Waals surface area contributed by atoms with Gasteiger partial charge in [-0.15, -0.1) is 0 Å². The summed E-state index contributed by atoms with van der Waals surface area (Å²) < 4.78 is 5.26. The molecular weight excluding hydrogens is 418 g/mol. The van der Waals surface area contributed by atoms with Crippen LogP contribution in [0.1, 0.15) is 24.2 Å². The Balaban J connectivity index is 1.57. The predicted octanol–water partition coefficient (Wildman–Crippen LogP) is 3.02. The van der Waals surface area contributed by atoms with E-state index in [0.29, 0.717) is 39.9 Å². The molecule has 33 heavy (non-hydrogen) atoms. The molecular formula is C24H25N7O2. The number of fused-ring (bicyclic) bond motifs is 2. The molecule has 9 nitrogen and oxygen atoms in total. The summed E-state index contributed by atoms with van der Waals surface area (Å²) in [6.45, 7) is 6.04. The molecule has 1 aliphatic rings. The van der Waals surface area contributed by atoms with Crippen LogP contribution in [0.15, 0.2) is 48.9 Å². The number of piperazine rings is 1. The molecule has 2 atom stereocenters. The van der Waals surface area contributed by atoms with E-state index in [0.717, 1.165) is 24.2 Å². The van der Waals surface area contributed by atoms with Crippen LogP contribution in [0.5, 0.6) is 6.01 Å². The molecule has 0 spiro atoms. The van der Waals surface area contributed by atoms with E-state index in [-0.39, 0.29) is 11.9 Å². The monoisotopic (exact) mass is 443 g/mol. The van der Waals surface area contributed by atoms with Crippen molar-refractivity contribution in [2.24, 2.45) is 0 Å². The number of amides is 1. The largest absolute Gasteiger partial charge is 0.467 e. The van der Waals surface area contributed by atoms with Crippen molar-refractivity contribution in [2.75, 3.05) is 30.4 Å². The number of rotatable bonds is 4. The van der Waals surface area contributed by atoms with E-state index < -0.39 is 0 Å². The molecule has 0 unspecified atom stereocenters. The van der Waals surface area contributed by atoms with Crippen LogP contribution in [0.4, 0.5) is 11.4 Å². The van der Waals surface area contributed by atoms with Crippen molar-refractivity contribution in [1.82, 2.24) is 25.3 Å². The first kappa shape index (κ1) is 21.0. The van der Waals surface area contributed by atoms with E-state index in [9.17, 15) is 4.79 Å². The molecule has 1 aliphatic heterocycles. The van der Waals surface area contributed by atoms with Crippen LogP contribution in [0.25, 0.3) is 21.9 Å². The highest BCUT2D eigenvalue weighted by atomic mass is 16.5. The van der Waals surface area contributed by atoms with Crippen LogP contribution in [0.3, 0.4) is 0 Å². The van der Waals surface area contributed by atoms with Gasteiger partial charge >= 0.3 is 6.01 Å².